The second-order valence-corrected chi connectivity index (χ2v) is 15.8. The number of amides is 2. The lowest BCUT2D eigenvalue weighted by atomic mass is 10.1. The number of rotatable bonds is 11. The van der Waals surface area contributed by atoms with Crippen LogP contribution in [-0.2, 0) is 22.3 Å². The molecule has 9 nitrogen and oxygen atoms in total. The Bertz CT molecular complexity index is 1310. The van der Waals surface area contributed by atoms with Crippen molar-refractivity contribution in [3.05, 3.63) is 106 Å². The molecule has 40 heavy (non-hydrogen) atoms. The van der Waals surface area contributed by atoms with Gasteiger partial charge in [0.25, 0.3) is 11.6 Å². The predicted molar refractivity (Wildman–Crippen MR) is 158 cm³/mol. The van der Waals surface area contributed by atoms with Gasteiger partial charge < -0.3 is 19.4 Å². The van der Waals surface area contributed by atoms with E-state index in [2.05, 4.69) is 39.2 Å². The Morgan fingerprint density at radius 1 is 0.925 bits per heavy atom. The SMILES string of the molecule is CC(C)(C)[Si](C)(C)OCCN(Cc1ccc(C(=O)Nc2ccccc2[N+](=O)[O-])cc1)C(=O)OCc1ccccc1. The maximum Gasteiger partial charge on any atom is 0.410 e. The molecule has 0 aliphatic heterocycles. The second-order valence-electron chi connectivity index (χ2n) is 11.0. The first-order chi connectivity index (χ1) is 18.9. The number of hydrogen-bond acceptors (Lipinski definition) is 6. The standard InChI is InChI=1S/C30H37N3O6Si/c1-30(2,3)40(4,5)39-20-19-32(29(35)38-22-24-11-7-6-8-12-24)21-23-15-17-25(18-16-23)28(34)31-26-13-9-10-14-27(26)33(36)37/h6-18H,19-22H2,1-5H3,(H,31,34). The van der Waals surface area contributed by atoms with Gasteiger partial charge in [0.05, 0.1) is 11.5 Å². The van der Waals surface area contributed by atoms with Crippen molar-refractivity contribution in [3.8, 4) is 0 Å². The minimum Gasteiger partial charge on any atom is -0.445 e. The van der Waals surface area contributed by atoms with Gasteiger partial charge in [0.1, 0.15) is 12.3 Å². The molecule has 0 spiro atoms. The minimum absolute atomic E-state index is 0.0439. The van der Waals surface area contributed by atoms with Gasteiger partial charge in [-0.05, 0) is 47.5 Å². The van der Waals surface area contributed by atoms with E-state index < -0.39 is 25.2 Å². The van der Waals surface area contributed by atoms with Crippen LogP contribution in [0, 0.1) is 10.1 Å². The zero-order valence-corrected chi connectivity index (χ0v) is 24.7. The molecule has 212 valence electrons. The molecule has 0 atom stereocenters. The van der Waals surface area contributed by atoms with Crippen LogP contribution in [-0.4, -0.2) is 43.3 Å². The normalized spacial score (nSPS) is 11.5. The van der Waals surface area contributed by atoms with Crippen molar-refractivity contribution in [2.24, 2.45) is 0 Å². The summed E-state index contributed by atoms with van der Waals surface area (Å²) >= 11 is 0. The summed E-state index contributed by atoms with van der Waals surface area (Å²) in [6, 6.07) is 22.2. The molecule has 0 bridgehead atoms. The summed E-state index contributed by atoms with van der Waals surface area (Å²) in [4.78, 5) is 38.1. The maximum absolute atomic E-state index is 13.1. The van der Waals surface area contributed by atoms with Crippen molar-refractivity contribution in [2.75, 3.05) is 18.5 Å². The Morgan fingerprint density at radius 2 is 1.55 bits per heavy atom. The van der Waals surface area contributed by atoms with Crippen LogP contribution in [0.15, 0.2) is 78.9 Å². The average molecular weight is 564 g/mol. The molecule has 0 heterocycles. The number of nitrogens with zero attached hydrogens (tertiary/aromatic N) is 2. The summed E-state index contributed by atoms with van der Waals surface area (Å²) < 4.78 is 11.9. The van der Waals surface area contributed by atoms with Crippen LogP contribution in [0.3, 0.4) is 0 Å². The van der Waals surface area contributed by atoms with Gasteiger partial charge in [0.15, 0.2) is 8.32 Å². The van der Waals surface area contributed by atoms with Crippen LogP contribution in [0.25, 0.3) is 0 Å². The fraction of sp³-hybridized carbons (Fsp3) is 0.333. The number of hydrogen-bond donors (Lipinski definition) is 1. The molecule has 0 saturated heterocycles. The largest absolute Gasteiger partial charge is 0.445 e. The number of anilines is 1. The number of para-hydroxylation sites is 2. The van der Waals surface area contributed by atoms with E-state index in [-0.39, 0.29) is 29.6 Å². The molecule has 2 amide bonds. The number of nitro groups is 1. The molecule has 0 unspecified atom stereocenters. The summed E-state index contributed by atoms with van der Waals surface area (Å²) in [6.45, 7) is 12.0. The summed E-state index contributed by atoms with van der Waals surface area (Å²) in [5.41, 5.74) is 1.96. The lowest BCUT2D eigenvalue weighted by molar-refractivity contribution is -0.383. The highest BCUT2D eigenvalue weighted by molar-refractivity contribution is 6.74. The van der Waals surface area contributed by atoms with Crippen molar-refractivity contribution in [3.63, 3.8) is 0 Å². The first-order valence-electron chi connectivity index (χ1n) is 13.1. The number of carbonyl (C=O) groups excluding carboxylic acids is 2. The summed E-state index contributed by atoms with van der Waals surface area (Å²) in [7, 11) is -2.00. The molecule has 0 aromatic heterocycles. The van der Waals surface area contributed by atoms with Crippen molar-refractivity contribution in [1.82, 2.24) is 4.90 Å². The van der Waals surface area contributed by atoms with E-state index in [1.165, 1.54) is 18.2 Å². The Labute approximate surface area is 236 Å². The third-order valence-corrected chi connectivity index (χ3v) is 11.6. The molecule has 10 heteroatoms. The van der Waals surface area contributed by atoms with E-state index in [1.54, 1.807) is 35.2 Å². The number of nitro benzene ring substituents is 1. The summed E-state index contributed by atoms with van der Waals surface area (Å²) in [5, 5.41) is 13.9. The highest BCUT2D eigenvalue weighted by Crippen LogP contribution is 2.36. The van der Waals surface area contributed by atoms with Gasteiger partial charge in [-0.15, -0.1) is 0 Å². The highest BCUT2D eigenvalue weighted by Gasteiger charge is 2.37. The van der Waals surface area contributed by atoms with Crippen LogP contribution < -0.4 is 5.32 Å². The molecule has 0 aliphatic rings. The zero-order valence-electron chi connectivity index (χ0n) is 23.7. The third kappa shape index (κ3) is 8.49. The van der Waals surface area contributed by atoms with Gasteiger partial charge in [0, 0.05) is 24.7 Å². The summed E-state index contributed by atoms with van der Waals surface area (Å²) in [5.74, 6) is -0.470. The monoisotopic (exact) mass is 563 g/mol. The van der Waals surface area contributed by atoms with Crippen LogP contribution in [0.4, 0.5) is 16.2 Å². The van der Waals surface area contributed by atoms with Crippen molar-refractivity contribution in [2.45, 2.75) is 52.1 Å². The van der Waals surface area contributed by atoms with E-state index in [1.807, 2.05) is 30.3 Å². The Kier molecular flexibility index (Phi) is 10.2. The number of carbonyl (C=O) groups is 2. The van der Waals surface area contributed by atoms with E-state index in [9.17, 15) is 19.7 Å². The minimum atomic E-state index is -2.00. The lowest BCUT2D eigenvalue weighted by Crippen LogP contribution is -2.43. The average Bonchev–Trinajstić information content (AvgIpc) is 2.91. The van der Waals surface area contributed by atoms with Gasteiger partial charge in [-0.2, -0.15) is 0 Å². The van der Waals surface area contributed by atoms with Gasteiger partial charge in [-0.25, -0.2) is 4.79 Å². The van der Waals surface area contributed by atoms with Crippen LogP contribution in [0.1, 0.15) is 42.3 Å². The quantitative estimate of drug-likeness (QED) is 0.153. The topological polar surface area (TPSA) is 111 Å². The maximum atomic E-state index is 13.1. The van der Waals surface area contributed by atoms with E-state index in [0.29, 0.717) is 18.7 Å². The van der Waals surface area contributed by atoms with Gasteiger partial charge in [-0.1, -0.05) is 75.4 Å². The molecular formula is C30H37N3O6Si. The highest BCUT2D eigenvalue weighted by atomic mass is 28.4. The molecule has 0 aliphatic carbocycles. The molecular weight excluding hydrogens is 526 g/mol. The van der Waals surface area contributed by atoms with Crippen molar-refractivity contribution < 1.29 is 23.7 Å². The summed E-state index contributed by atoms with van der Waals surface area (Å²) in [6.07, 6.45) is -0.458. The smallest absolute Gasteiger partial charge is 0.410 e. The molecule has 1 N–H and O–H groups in total. The Balaban J connectivity index is 1.69. The van der Waals surface area contributed by atoms with Crippen LogP contribution >= 0.6 is 0 Å². The van der Waals surface area contributed by atoms with Gasteiger partial charge in [-0.3, -0.25) is 14.9 Å². The molecule has 3 aromatic carbocycles. The third-order valence-electron chi connectivity index (χ3n) is 7.03. The molecule has 0 radical (unpaired) electrons. The first-order valence-corrected chi connectivity index (χ1v) is 16.0. The van der Waals surface area contributed by atoms with Crippen LogP contribution in [0.5, 0.6) is 0 Å². The molecule has 0 fully saturated rings. The van der Waals surface area contributed by atoms with Crippen molar-refractivity contribution in [1.29, 1.82) is 0 Å². The van der Waals surface area contributed by atoms with E-state index in [0.717, 1.165) is 11.1 Å². The van der Waals surface area contributed by atoms with Crippen LogP contribution in [0.2, 0.25) is 18.1 Å². The van der Waals surface area contributed by atoms with E-state index >= 15 is 0 Å². The molecule has 0 saturated carbocycles. The molecule has 3 aromatic rings. The van der Waals surface area contributed by atoms with Gasteiger partial charge in [0.2, 0.25) is 0 Å². The Hall–Kier alpha value is -4.02. The number of benzene rings is 3. The lowest BCUT2D eigenvalue weighted by Gasteiger charge is -2.36. The predicted octanol–water partition coefficient (Wildman–Crippen LogP) is 7.01. The fourth-order valence-electron chi connectivity index (χ4n) is 3.59. The van der Waals surface area contributed by atoms with Gasteiger partial charge >= 0.3 is 6.09 Å². The number of nitrogens with one attached hydrogen (secondary N) is 1. The molecule has 3 rings (SSSR count). The van der Waals surface area contributed by atoms with E-state index in [4.69, 9.17) is 9.16 Å². The second kappa shape index (κ2) is 13.4. The first kappa shape index (κ1) is 30.5. The Morgan fingerprint density at radius 3 is 2.17 bits per heavy atom. The fourth-order valence-corrected chi connectivity index (χ4v) is 4.62. The zero-order chi connectivity index (χ0) is 29.3. The van der Waals surface area contributed by atoms with Crippen molar-refractivity contribution >= 4 is 31.7 Å². The number of ether oxygens (including phenoxy) is 1.